The molecule has 7 heavy (non-hydrogen) atoms. The zero-order valence-corrected chi connectivity index (χ0v) is 5.60. The number of rotatable bonds is 0. The van der Waals surface area contributed by atoms with Gasteiger partial charge in [0, 0.05) is 7.05 Å². The van der Waals surface area contributed by atoms with Crippen LogP contribution in [0, 0.1) is 0 Å². The van der Waals surface area contributed by atoms with E-state index in [9.17, 15) is 0 Å². The molecule has 1 fully saturated rings. The van der Waals surface area contributed by atoms with Crippen LogP contribution in [0.4, 0.5) is 0 Å². The average Bonchev–Trinajstić information content (AvgIpc) is 1.87. The van der Waals surface area contributed by atoms with E-state index < -0.39 is 0 Å². The van der Waals surface area contributed by atoms with E-state index >= 15 is 0 Å². The molecule has 0 radical (unpaired) electrons. The van der Waals surface area contributed by atoms with Crippen LogP contribution in [-0.2, 0) is 0 Å². The molecule has 1 heterocycles. The van der Waals surface area contributed by atoms with Crippen LogP contribution in [0.1, 0.15) is 0 Å². The van der Waals surface area contributed by atoms with Crippen LogP contribution in [0.5, 0.6) is 0 Å². The highest BCUT2D eigenvalue weighted by Gasteiger charge is 2.10. The molecule has 2 nitrogen and oxygen atoms in total. The van der Waals surface area contributed by atoms with E-state index in [0.29, 0.717) is 0 Å². The van der Waals surface area contributed by atoms with Gasteiger partial charge in [-0.2, -0.15) is 4.41 Å². The summed E-state index contributed by atoms with van der Waals surface area (Å²) in [6, 6.07) is 0. The van der Waals surface area contributed by atoms with Gasteiger partial charge < -0.3 is 0 Å². The van der Waals surface area contributed by atoms with Crippen LogP contribution in [0.15, 0.2) is 0 Å². The fourth-order valence-electron chi connectivity index (χ4n) is 0.393. The lowest BCUT2D eigenvalue weighted by Gasteiger charge is -2.00. The number of nitrogens with one attached hydrogen (secondary N) is 1. The molecule has 0 saturated carbocycles. The van der Waals surface area contributed by atoms with Crippen molar-refractivity contribution in [2.75, 3.05) is 13.6 Å². The van der Waals surface area contributed by atoms with Gasteiger partial charge in [0.1, 0.15) is 0 Å². The Morgan fingerprint density at radius 3 is 2.86 bits per heavy atom. The molecule has 0 amide bonds. The van der Waals surface area contributed by atoms with Gasteiger partial charge in [-0.25, -0.2) is 5.43 Å². The Kier molecular flexibility index (Phi) is 1.64. The normalized spacial score (nSPS) is 23.9. The Bertz CT molecular complexity index is 92.9. The quantitative estimate of drug-likeness (QED) is 0.381. The van der Waals surface area contributed by atoms with Crippen LogP contribution in [0.3, 0.4) is 0 Å². The Hall–Kier alpha value is 0.360. The van der Waals surface area contributed by atoms with Crippen LogP contribution in [0.2, 0.25) is 0 Å². The summed E-state index contributed by atoms with van der Waals surface area (Å²) in [4.78, 5) is 0. The van der Waals surface area contributed by atoms with E-state index in [-0.39, 0.29) is 0 Å². The highest BCUT2D eigenvalue weighted by Crippen LogP contribution is 2.11. The molecule has 0 aliphatic carbocycles. The van der Waals surface area contributed by atoms with Gasteiger partial charge in [-0.1, -0.05) is 12.2 Å². The summed E-state index contributed by atoms with van der Waals surface area (Å²) >= 11 is 6.43. The fraction of sp³-hybridized carbons (Fsp3) is 0.667. The summed E-state index contributed by atoms with van der Waals surface area (Å²) in [5, 5.41) is 0. The standard InChI is InChI=1S/C3H6N2S2/c1-5-4-2-3(6)7-5/h4H,2H2,1H3. The Labute approximate surface area is 52.4 Å². The summed E-state index contributed by atoms with van der Waals surface area (Å²) in [6.07, 6.45) is 0. The van der Waals surface area contributed by atoms with Crippen molar-refractivity contribution in [3.8, 4) is 0 Å². The first kappa shape index (κ1) is 5.50. The minimum atomic E-state index is 0.844. The second-order valence-corrected chi connectivity index (χ2v) is 3.27. The summed E-state index contributed by atoms with van der Waals surface area (Å²) < 4.78 is 2.92. The number of hydrogen-bond acceptors (Lipinski definition) is 4. The maximum absolute atomic E-state index is 4.85. The van der Waals surface area contributed by atoms with E-state index in [1.165, 1.54) is 0 Å². The molecule has 1 aliphatic heterocycles. The van der Waals surface area contributed by atoms with Crippen LogP contribution >= 0.6 is 24.2 Å². The highest BCUT2D eigenvalue weighted by molar-refractivity contribution is 8.21. The van der Waals surface area contributed by atoms with Gasteiger partial charge in [0.2, 0.25) is 0 Å². The topological polar surface area (TPSA) is 15.3 Å². The number of nitrogens with zero attached hydrogens (tertiary/aromatic N) is 1. The van der Waals surface area contributed by atoms with E-state index in [1.54, 1.807) is 11.9 Å². The predicted molar refractivity (Wildman–Crippen MR) is 36.0 cm³/mol. The number of hydrogen-bond donors (Lipinski definition) is 1. The molecule has 40 valence electrons. The van der Waals surface area contributed by atoms with Crippen LogP contribution < -0.4 is 5.43 Å². The Morgan fingerprint density at radius 1 is 2.00 bits per heavy atom. The molecular formula is C3H6N2S2. The van der Waals surface area contributed by atoms with E-state index in [1.807, 2.05) is 11.5 Å². The van der Waals surface area contributed by atoms with Crippen molar-refractivity contribution in [3.05, 3.63) is 0 Å². The molecule has 4 heteroatoms. The van der Waals surface area contributed by atoms with Gasteiger partial charge >= 0.3 is 0 Å². The summed E-state index contributed by atoms with van der Waals surface area (Å²) in [5.41, 5.74) is 3.02. The van der Waals surface area contributed by atoms with Crippen molar-refractivity contribution in [1.82, 2.24) is 9.84 Å². The Morgan fingerprint density at radius 2 is 2.71 bits per heavy atom. The second-order valence-electron chi connectivity index (χ2n) is 1.30. The van der Waals surface area contributed by atoms with E-state index in [4.69, 9.17) is 12.2 Å². The molecule has 0 unspecified atom stereocenters. The minimum absolute atomic E-state index is 0.844. The monoisotopic (exact) mass is 134 g/mol. The first-order valence-corrected chi connectivity index (χ1v) is 3.15. The van der Waals surface area contributed by atoms with Crippen molar-refractivity contribution in [2.24, 2.45) is 0 Å². The molecule has 0 aromatic carbocycles. The van der Waals surface area contributed by atoms with Gasteiger partial charge in [0.05, 0.1) is 10.7 Å². The lowest BCUT2D eigenvalue weighted by molar-refractivity contribution is 0.465. The Balaban J connectivity index is 2.40. The summed E-state index contributed by atoms with van der Waals surface area (Å²) in [6.45, 7) is 0.844. The minimum Gasteiger partial charge on any atom is -0.239 e. The van der Waals surface area contributed by atoms with Crippen molar-refractivity contribution in [1.29, 1.82) is 0 Å². The fourth-order valence-corrected chi connectivity index (χ4v) is 1.36. The molecule has 1 saturated heterocycles. The number of hydrazine groups is 1. The molecule has 0 spiro atoms. The van der Waals surface area contributed by atoms with Gasteiger partial charge in [-0.3, -0.25) is 0 Å². The van der Waals surface area contributed by atoms with Crippen molar-refractivity contribution < 1.29 is 0 Å². The predicted octanol–water partition coefficient (Wildman–Crippen LogP) is 0.412. The number of thiocarbonyl (C=S) groups is 1. The molecular weight excluding hydrogens is 128 g/mol. The zero-order valence-electron chi connectivity index (χ0n) is 3.97. The van der Waals surface area contributed by atoms with Gasteiger partial charge in [0.25, 0.3) is 0 Å². The average molecular weight is 134 g/mol. The smallest absolute Gasteiger partial charge is 0.0799 e. The van der Waals surface area contributed by atoms with Crippen LogP contribution in [0.25, 0.3) is 0 Å². The van der Waals surface area contributed by atoms with E-state index in [0.717, 1.165) is 10.7 Å². The van der Waals surface area contributed by atoms with Gasteiger partial charge in [-0.15, -0.1) is 0 Å². The molecule has 0 atom stereocenters. The maximum Gasteiger partial charge on any atom is 0.0799 e. The third-order valence-corrected chi connectivity index (χ3v) is 1.80. The summed E-state index contributed by atoms with van der Waals surface area (Å²) in [5.74, 6) is 0. The largest absolute Gasteiger partial charge is 0.239 e. The third-order valence-electron chi connectivity index (χ3n) is 0.685. The zero-order chi connectivity index (χ0) is 5.28. The van der Waals surface area contributed by atoms with E-state index in [2.05, 4.69) is 5.43 Å². The maximum atomic E-state index is 4.85. The first-order chi connectivity index (χ1) is 3.29. The van der Waals surface area contributed by atoms with Gasteiger partial charge in [-0.05, 0) is 11.9 Å². The van der Waals surface area contributed by atoms with Crippen LogP contribution in [-0.4, -0.2) is 22.2 Å². The molecule has 1 rings (SSSR count). The lowest BCUT2D eigenvalue weighted by Crippen LogP contribution is -2.21. The van der Waals surface area contributed by atoms with Crippen molar-refractivity contribution >= 4 is 28.4 Å². The third kappa shape index (κ3) is 1.38. The van der Waals surface area contributed by atoms with Crippen molar-refractivity contribution in [3.63, 3.8) is 0 Å². The summed E-state index contributed by atoms with van der Waals surface area (Å²) in [7, 11) is 1.95. The molecule has 0 aromatic rings. The molecule has 1 aliphatic rings. The van der Waals surface area contributed by atoms with Gasteiger partial charge in [0.15, 0.2) is 0 Å². The molecule has 1 N–H and O–H groups in total. The van der Waals surface area contributed by atoms with Crippen molar-refractivity contribution in [2.45, 2.75) is 0 Å². The lowest BCUT2D eigenvalue weighted by atomic mass is 10.8. The molecule has 0 bridgehead atoms. The SMILES string of the molecule is CN1NCC(=S)S1. The molecule has 0 aromatic heterocycles. The first-order valence-electron chi connectivity index (χ1n) is 1.97. The highest BCUT2D eigenvalue weighted by atomic mass is 32.2. The second kappa shape index (κ2) is 2.09.